The molecule has 2 N–H and O–H groups in total. The molecule has 0 bridgehead atoms. The lowest BCUT2D eigenvalue weighted by molar-refractivity contribution is 0.131. The fourth-order valence-electron chi connectivity index (χ4n) is 1.78. The van der Waals surface area contributed by atoms with Crippen molar-refractivity contribution in [3.8, 4) is 0 Å². The summed E-state index contributed by atoms with van der Waals surface area (Å²) in [6, 6.07) is 2.55. The minimum atomic E-state index is 0.126. The zero-order valence-electron chi connectivity index (χ0n) is 9.64. The number of nitrogens with zero attached hydrogens (tertiary/aromatic N) is 1. The van der Waals surface area contributed by atoms with Gasteiger partial charge in [-0.25, -0.2) is 0 Å². The van der Waals surface area contributed by atoms with Gasteiger partial charge in [-0.05, 0) is 36.4 Å². The molecule has 0 amide bonds. The first-order chi connectivity index (χ1) is 7.16. The Balaban J connectivity index is 2.66. The number of methoxy groups -OCH3 is 1. The van der Waals surface area contributed by atoms with Gasteiger partial charge < -0.3 is 10.5 Å². The van der Waals surface area contributed by atoms with Gasteiger partial charge in [-0.15, -0.1) is 0 Å². The molecule has 3 nitrogen and oxygen atoms in total. The third-order valence-electron chi connectivity index (χ3n) is 2.51. The number of nitrogens with two attached hydrogens (primary N) is 1. The van der Waals surface area contributed by atoms with Gasteiger partial charge in [0.05, 0.1) is 12.6 Å². The first kappa shape index (κ1) is 12.6. The van der Waals surface area contributed by atoms with Gasteiger partial charge >= 0.3 is 0 Å². The van der Waals surface area contributed by atoms with Gasteiger partial charge in [0.2, 0.25) is 0 Å². The molecule has 86 valence electrons. The molecule has 0 saturated heterocycles. The van der Waals surface area contributed by atoms with E-state index in [9.17, 15) is 0 Å². The average Bonchev–Trinajstić information content (AvgIpc) is 2.67. The number of rotatable bonds is 6. The Hall–Kier alpha value is -0.420. The summed E-state index contributed by atoms with van der Waals surface area (Å²) in [4.78, 5) is 2.25. The third-order valence-corrected chi connectivity index (χ3v) is 3.21. The van der Waals surface area contributed by atoms with Crippen LogP contribution in [0.25, 0.3) is 0 Å². The van der Waals surface area contributed by atoms with E-state index in [4.69, 9.17) is 10.5 Å². The van der Waals surface area contributed by atoms with Crippen LogP contribution in [0.5, 0.6) is 0 Å². The normalized spacial score (nSPS) is 15.5. The fraction of sp³-hybridized carbons (Fsp3) is 0.636. The van der Waals surface area contributed by atoms with Crippen LogP contribution in [-0.2, 0) is 4.74 Å². The Morgan fingerprint density at radius 1 is 1.60 bits per heavy atom. The summed E-state index contributed by atoms with van der Waals surface area (Å²) in [5.74, 6) is 0. The molecule has 0 saturated carbocycles. The standard InChI is InChI=1S/C11H20N2OS/c1-9(12)11(10-4-7-15-8-10)13(2)5-6-14-3/h4,7-9,11H,5-6,12H2,1-3H3. The van der Waals surface area contributed by atoms with Crippen LogP contribution in [0.3, 0.4) is 0 Å². The average molecular weight is 228 g/mol. The molecule has 2 unspecified atom stereocenters. The van der Waals surface area contributed by atoms with Gasteiger partial charge in [-0.3, -0.25) is 4.90 Å². The van der Waals surface area contributed by atoms with Gasteiger partial charge in [0.1, 0.15) is 0 Å². The highest BCUT2D eigenvalue weighted by molar-refractivity contribution is 7.07. The van der Waals surface area contributed by atoms with Crippen LogP contribution in [0.1, 0.15) is 18.5 Å². The number of hydrogen-bond acceptors (Lipinski definition) is 4. The topological polar surface area (TPSA) is 38.5 Å². The second-order valence-electron chi connectivity index (χ2n) is 3.83. The lowest BCUT2D eigenvalue weighted by Crippen LogP contribution is -2.38. The van der Waals surface area contributed by atoms with E-state index in [1.165, 1.54) is 5.56 Å². The first-order valence-corrected chi connectivity index (χ1v) is 6.08. The molecular formula is C11H20N2OS. The summed E-state index contributed by atoms with van der Waals surface area (Å²) < 4.78 is 5.08. The summed E-state index contributed by atoms with van der Waals surface area (Å²) in [6.45, 7) is 3.69. The molecule has 0 aliphatic rings. The molecule has 0 radical (unpaired) electrons. The molecule has 0 aliphatic carbocycles. The number of likely N-dealkylation sites (N-methyl/N-ethyl adjacent to an activating group) is 1. The van der Waals surface area contributed by atoms with Crippen molar-refractivity contribution in [2.45, 2.75) is 19.0 Å². The monoisotopic (exact) mass is 228 g/mol. The Bertz CT molecular complexity index is 262. The third kappa shape index (κ3) is 3.57. The van der Waals surface area contributed by atoms with Gasteiger partial charge in [0, 0.05) is 19.7 Å². The largest absolute Gasteiger partial charge is 0.383 e. The van der Waals surface area contributed by atoms with Crippen molar-refractivity contribution in [3.05, 3.63) is 22.4 Å². The molecule has 4 heteroatoms. The molecule has 0 aliphatic heterocycles. The molecule has 1 aromatic rings. The Kier molecular flexibility index (Phi) is 5.25. The predicted molar refractivity (Wildman–Crippen MR) is 65.2 cm³/mol. The molecule has 0 spiro atoms. The maximum absolute atomic E-state index is 6.02. The van der Waals surface area contributed by atoms with Gasteiger partial charge in [-0.1, -0.05) is 0 Å². The van der Waals surface area contributed by atoms with Crippen LogP contribution in [0, 0.1) is 0 Å². The van der Waals surface area contributed by atoms with Gasteiger partial charge in [-0.2, -0.15) is 11.3 Å². The van der Waals surface area contributed by atoms with Crippen LogP contribution in [0.4, 0.5) is 0 Å². The Labute approximate surface area is 95.8 Å². The van der Waals surface area contributed by atoms with E-state index in [0.717, 1.165) is 13.2 Å². The smallest absolute Gasteiger partial charge is 0.0589 e. The lowest BCUT2D eigenvalue weighted by atomic mass is 10.0. The number of hydrogen-bond donors (Lipinski definition) is 1. The van der Waals surface area contributed by atoms with Crippen LogP contribution in [0.15, 0.2) is 16.8 Å². The van der Waals surface area contributed by atoms with Crippen LogP contribution in [0.2, 0.25) is 0 Å². The highest BCUT2D eigenvalue weighted by atomic mass is 32.1. The maximum atomic E-state index is 6.02. The molecule has 2 atom stereocenters. The molecule has 0 aromatic carbocycles. The van der Waals surface area contributed by atoms with E-state index in [0.29, 0.717) is 0 Å². The Morgan fingerprint density at radius 3 is 2.80 bits per heavy atom. The summed E-state index contributed by atoms with van der Waals surface area (Å²) in [5.41, 5.74) is 7.32. The lowest BCUT2D eigenvalue weighted by Gasteiger charge is -2.30. The molecule has 15 heavy (non-hydrogen) atoms. The van der Waals surface area contributed by atoms with Crippen LogP contribution in [-0.4, -0.2) is 38.3 Å². The number of ether oxygens (including phenoxy) is 1. The Morgan fingerprint density at radius 2 is 2.33 bits per heavy atom. The van der Waals surface area contributed by atoms with Crippen molar-refractivity contribution in [1.82, 2.24) is 4.90 Å². The second-order valence-corrected chi connectivity index (χ2v) is 4.61. The van der Waals surface area contributed by atoms with Crippen molar-refractivity contribution in [3.63, 3.8) is 0 Å². The van der Waals surface area contributed by atoms with E-state index in [-0.39, 0.29) is 12.1 Å². The highest BCUT2D eigenvalue weighted by Crippen LogP contribution is 2.23. The molecule has 1 rings (SSSR count). The SMILES string of the molecule is COCCN(C)C(c1ccsc1)C(C)N. The molecule has 1 heterocycles. The maximum Gasteiger partial charge on any atom is 0.0589 e. The minimum Gasteiger partial charge on any atom is -0.383 e. The van der Waals surface area contributed by atoms with Crippen molar-refractivity contribution >= 4 is 11.3 Å². The number of thiophene rings is 1. The zero-order valence-corrected chi connectivity index (χ0v) is 10.5. The van der Waals surface area contributed by atoms with Crippen LogP contribution >= 0.6 is 11.3 Å². The fourth-order valence-corrected chi connectivity index (χ4v) is 2.47. The summed E-state index contributed by atoms with van der Waals surface area (Å²) in [5, 5.41) is 4.26. The quantitative estimate of drug-likeness (QED) is 0.805. The summed E-state index contributed by atoms with van der Waals surface area (Å²) >= 11 is 1.71. The summed E-state index contributed by atoms with van der Waals surface area (Å²) in [6.07, 6.45) is 0. The second kappa shape index (κ2) is 6.23. The van der Waals surface area contributed by atoms with Crippen LogP contribution < -0.4 is 5.73 Å². The van der Waals surface area contributed by atoms with Crippen molar-refractivity contribution in [2.75, 3.05) is 27.3 Å². The molecule has 0 fully saturated rings. The van der Waals surface area contributed by atoms with Gasteiger partial charge in [0.25, 0.3) is 0 Å². The predicted octanol–water partition coefficient (Wildman–Crippen LogP) is 1.71. The molecule has 1 aromatic heterocycles. The van der Waals surface area contributed by atoms with Crippen molar-refractivity contribution in [2.24, 2.45) is 5.73 Å². The van der Waals surface area contributed by atoms with Gasteiger partial charge in [0.15, 0.2) is 0 Å². The van der Waals surface area contributed by atoms with E-state index in [1.54, 1.807) is 18.4 Å². The zero-order chi connectivity index (χ0) is 11.3. The first-order valence-electron chi connectivity index (χ1n) is 5.13. The minimum absolute atomic E-state index is 0.126. The van der Waals surface area contributed by atoms with E-state index >= 15 is 0 Å². The summed E-state index contributed by atoms with van der Waals surface area (Å²) in [7, 11) is 3.81. The van der Waals surface area contributed by atoms with E-state index < -0.39 is 0 Å². The van der Waals surface area contributed by atoms with E-state index in [2.05, 4.69) is 28.8 Å². The van der Waals surface area contributed by atoms with Crippen molar-refractivity contribution < 1.29 is 4.74 Å². The highest BCUT2D eigenvalue weighted by Gasteiger charge is 2.20. The molecular weight excluding hydrogens is 208 g/mol. The van der Waals surface area contributed by atoms with E-state index in [1.807, 2.05) is 6.92 Å². The van der Waals surface area contributed by atoms with Crippen molar-refractivity contribution in [1.29, 1.82) is 0 Å².